The Morgan fingerprint density at radius 3 is 2.47 bits per heavy atom. The molecule has 0 saturated heterocycles. The van der Waals surface area contributed by atoms with Crippen molar-refractivity contribution in [1.29, 1.82) is 0 Å². The molecule has 0 radical (unpaired) electrons. The molecule has 0 fully saturated rings. The Balaban J connectivity index is 2.00. The van der Waals surface area contributed by atoms with Gasteiger partial charge in [-0.3, -0.25) is 19.3 Å². The molecule has 3 rings (SSSR count). The van der Waals surface area contributed by atoms with Gasteiger partial charge < -0.3 is 19.9 Å². The van der Waals surface area contributed by atoms with Crippen LogP contribution in [0.1, 0.15) is 57.4 Å². The standard InChI is InChI=1S/C28H33ClN4O5/c1-6-28(3,4)31-27(36)26(21-12-7-8-13-22(21)29)33(19-10-9-11-20(17-19)37-5)25(35)15-14-24(34)30-23-16-18(2)38-32-23/h7-13,16-17,26H,6,14-15H2,1-5H3,(H,31,36)(H,30,32,34). The number of amides is 3. The molecule has 1 atom stereocenters. The lowest BCUT2D eigenvalue weighted by molar-refractivity contribution is -0.128. The molecule has 0 bridgehead atoms. The van der Waals surface area contributed by atoms with Gasteiger partial charge in [-0.25, -0.2) is 0 Å². The van der Waals surface area contributed by atoms with Crippen molar-refractivity contribution in [3.8, 4) is 5.75 Å². The van der Waals surface area contributed by atoms with Crippen molar-refractivity contribution in [1.82, 2.24) is 10.5 Å². The number of anilines is 2. The Morgan fingerprint density at radius 1 is 1.11 bits per heavy atom. The number of methoxy groups -OCH3 is 1. The molecule has 202 valence electrons. The average molecular weight is 541 g/mol. The summed E-state index contributed by atoms with van der Waals surface area (Å²) in [6, 6.07) is 14.2. The van der Waals surface area contributed by atoms with E-state index < -0.39 is 29.3 Å². The Kier molecular flexibility index (Phi) is 9.52. The molecule has 0 aliphatic carbocycles. The van der Waals surface area contributed by atoms with Gasteiger partial charge in [0, 0.05) is 46.8 Å². The van der Waals surface area contributed by atoms with Crippen LogP contribution in [0.15, 0.2) is 59.1 Å². The summed E-state index contributed by atoms with van der Waals surface area (Å²) < 4.78 is 10.3. The van der Waals surface area contributed by atoms with Gasteiger partial charge in [-0.2, -0.15) is 0 Å². The van der Waals surface area contributed by atoms with Gasteiger partial charge in [-0.05, 0) is 45.4 Å². The van der Waals surface area contributed by atoms with E-state index in [4.69, 9.17) is 20.9 Å². The van der Waals surface area contributed by atoms with Gasteiger partial charge >= 0.3 is 0 Å². The predicted octanol–water partition coefficient (Wildman–Crippen LogP) is 5.44. The lowest BCUT2D eigenvalue weighted by Crippen LogP contribution is -2.50. The Bertz CT molecular complexity index is 1290. The summed E-state index contributed by atoms with van der Waals surface area (Å²) in [4.78, 5) is 41.6. The monoisotopic (exact) mass is 540 g/mol. The molecule has 38 heavy (non-hydrogen) atoms. The van der Waals surface area contributed by atoms with Crippen LogP contribution in [0.4, 0.5) is 11.5 Å². The van der Waals surface area contributed by atoms with Crippen LogP contribution in [-0.2, 0) is 14.4 Å². The lowest BCUT2D eigenvalue weighted by atomic mass is 9.98. The number of ether oxygens (including phenoxy) is 1. The fourth-order valence-electron chi connectivity index (χ4n) is 3.75. The summed E-state index contributed by atoms with van der Waals surface area (Å²) >= 11 is 6.56. The van der Waals surface area contributed by atoms with Crippen molar-refractivity contribution in [2.45, 2.75) is 58.5 Å². The molecule has 1 heterocycles. The maximum atomic E-state index is 13.8. The van der Waals surface area contributed by atoms with Crippen LogP contribution in [0, 0.1) is 6.92 Å². The normalized spacial score (nSPS) is 11.9. The second-order valence-electron chi connectivity index (χ2n) is 9.49. The highest BCUT2D eigenvalue weighted by molar-refractivity contribution is 6.31. The summed E-state index contributed by atoms with van der Waals surface area (Å²) in [6.45, 7) is 7.48. The minimum Gasteiger partial charge on any atom is -0.497 e. The van der Waals surface area contributed by atoms with Gasteiger partial charge in [0.05, 0.1) is 7.11 Å². The molecular formula is C28H33ClN4O5. The average Bonchev–Trinajstić information content (AvgIpc) is 3.30. The van der Waals surface area contributed by atoms with Gasteiger partial charge in [0.2, 0.25) is 17.7 Å². The zero-order valence-corrected chi connectivity index (χ0v) is 23.0. The van der Waals surface area contributed by atoms with Crippen molar-refractivity contribution >= 4 is 40.8 Å². The van der Waals surface area contributed by atoms with Crippen LogP contribution in [0.25, 0.3) is 0 Å². The van der Waals surface area contributed by atoms with Crippen LogP contribution in [0.3, 0.4) is 0 Å². The second-order valence-corrected chi connectivity index (χ2v) is 9.89. The molecule has 3 aromatic rings. The van der Waals surface area contributed by atoms with Crippen LogP contribution in [0.5, 0.6) is 5.75 Å². The minimum atomic E-state index is -1.10. The summed E-state index contributed by atoms with van der Waals surface area (Å²) in [7, 11) is 1.52. The minimum absolute atomic E-state index is 0.136. The number of benzene rings is 2. The van der Waals surface area contributed by atoms with E-state index in [2.05, 4.69) is 15.8 Å². The highest BCUT2D eigenvalue weighted by atomic mass is 35.5. The zero-order chi connectivity index (χ0) is 27.9. The number of hydrogen-bond acceptors (Lipinski definition) is 6. The largest absolute Gasteiger partial charge is 0.497 e. The maximum absolute atomic E-state index is 13.8. The quantitative estimate of drug-likeness (QED) is 0.334. The van der Waals surface area contributed by atoms with Crippen LogP contribution in [0.2, 0.25) is 5.02 Å². The molecule has 0 spiro atoms. The summed E-state index contributed by atoms with van der Waals surface area (Å²) in [5.41, 5.74) is 0.350. The number of rotatable bonds is 11. The third-order valence-electron chi connectivity index (χ3n) is 6.11. The first-order chi connectivity index (χ1) is 18.0. The first-order valence-electron chi connectivity index (χ1n) is 12.3. The molecule has 10 heteroatoms. The lowest BCUT2D eigenvalue weighted by Gasteiger charge is -2.35. The van der Waals surface area contributed by atoms with Gasteiger partial charge in [0.25, 0.3) is 0 Å². The van der Waals surface area contributed by atoms with Gasteiger partial charge in [-0.1, -0.05) is 47.9 Å². The van der Waals surface area contributed by atoms with Crippen LogP contribution >= 0.6 is 11.6 Å². The SMILES string of the molecule is CCC(C)(C)NC(=O)C(c1ccccc1Cl)N(C(=O)CCC(=O)Nc1cc(C)on1)c1cccc(OC)c1. The summed E-state index contributed by atoms with van der Waals surface area (Å²) in [6.07, 6.45) is 0.358. The molecule has 2 aromatic carbocycles. The van der Waals surface area contributed by atoms with Crippen molar-refractivity contribution in [2.75, 3.05) is 17.3 Å². The number of carbonyl (C=O) groups excluding carboxylic acids is 3. The number of nitrogens with one attached hydrogen (secondary N) is 2. The highest BCUT2D eigenvalue weighted by Crippen LogP contribution is 2.34. The Morgan fingerprint density at radius 2 is 1.84 bits per heavy atom. The number of nitrogens with zero attached hydrogens (tertiary/aromatic N) is 2. The second kappa shape index (κ2) is 12.6. The molecule has 0 aliphatic heterocycles. The molecule has 3 amide bonds. The first-order valence-corrected chi connectivity index (χ1v) is 12.7. The van der Waals surface area contributed by atoms with E-state index in [-0.39, 0.29) is 18.7 Å². The Labute approximate surface area is 227 Å². The van der Waals surface area contributed by atoms with Gasteiger partial charge in [-0.15, -0.1) is 0 Å². The topological polar surface area (TPSA) is 114 Å². The molecule has 2 N–H and O–H groups in total. The van der Waals surface area contributed by atoms with Gasteiger partial charge in [0.1, 0.15) is 17.6 Å². The van der Waals surface area contributed by atoms with Crippen molar-refractivity contribution in [3.05, 3.63) is 70.9 Å². The van der Waals surface area contributed by atoms with E-state index in [1.54, 1.807) is 61.5 Å². The van der Waals surface area contributed by atoms with Crippen molar-refractivity contribution < 1.29 is 23.6 Å². The number of carbonyl (C=O) groups is 3. The summed E-state index contributed by atoms with van der Waals surface area (Å²) in [5.74, 6) is 0.0569. The smallest absolute Gasteiger partial charge is 0.248 e. The molecule has 0 aliphatic rings. The molecule has 1 aromatic heterocycles. The van der Waals surface area contributed by atoms with E-state index in [0.717, 1.165) is 0 Å². The van der Waals surface area contributed by atoms with E-state index in [1.807, 2.05) is 20.8 Å². The third kappa shape index (κ3) is 7.35. The fourth-order valence-corrected chi connectivity index (χ4v) is 3.99. The fraction of sp³-hybridized carbons (Fsp3) is 0.357. The van der Waals surface area contributed by atoms with E-state index >= 15 is 0 Å². The third-order valence-corrected chi connectivity index (χ3v) is 6.46. The number of aryl methyl sites for hydroxylation is 1. The number of hydrogen-bond donors (Lipinski definition) is 2. The number of halogens is 1. The van der Waals surface area contributed by atoms with Crippen molar-refractivity contribution in [3.63, 3.8) is 0 Å². The van der Waals surface area contributed by atoms with Gasteiger partial charge in [0.15, 0.2) is 5.82 Å². The van der Waals surface area contributed by atoms with Crippen LogP contribution in [-0.4, -0.2) is 35.5 Å². The van der Waals surface area contributed by atoms with E-state index in [1.165, 1.54) is 12.0 Å². The maximum Gasteiger partial charge on any atom is 0.248 e. The molecule has 0 saturated carbocycles. The first kappa shape index (κ1) is 28.7. The molecule has 1 unspecified atom stereocenters. The van der Waals surface area contributed by atoms with Crippen molar-refractivity contribution in [2.24, 2.45) is 0 Å². The summed E-state index contributed by atoms with van der Waals surface area (Å²) in [5, 5.41) is 9.73. The zero-order valence-electron chi connectivity index (χ0n) is 22.2. The van der Waals surface area contributed by atoms with E-state index in [9.17, 15) is 14.4 Å². The molecular weight excluding hydrogens is 508 g/mol. The van der Waals surface area contributed by atoms with E-state index in [0.29, 0.717) is 34.2 Å². The Hall–Kier alpha value is -3.85. The molecule has 9 nitrogen and oxygen atoms in total. The predicted molar refractivity (Wildman–Crippen MR) is 146 cm³/mol. The van der Waals surface area contributed by atoms with Crippen LogP contribution < -0.4 is 20.3 Å². The highest BCUT2D eigenvalue weighted by Gasteiger charge is 2.36. The number of aromatic nitrogens is 1.